The van der Waals surface area contributed by atoms with Crippen molar-refractivity contribution >= 4 is 18.1 Å². The number of hydrogen-bond acceptors (Lipinski definition) is 4. The van der Waals surface area contributed by atoms with Gasteiger partial charge in [-0.2, -0.15) is 0 Å². The lowest BCUT2D eigenvalue weighted by Crippen LogP contribution is -2.39. The molecule has 1 aliphatic heterocycles. The fourth-order valence-electron chi connectivity index (χ4n) is 1.65. The van der Waals surface area contributed by atoms with Crippen molar-refractivity contribution in [1.82, 2.24) is 4.90 Å². The molecule has 1 aliphatic rings. The highest BCUT2D eigenvalue weighted by atomic mass is 16.6. The topological polar surface area (TPSA) is 55.8 Å². The van der Waals surface area contributed by atoms with E-state index in [0.717, 1.165) is 10.5 Å². The minimum atomic E-state index is -0.731. The molecule has 0 saturated heterocycles. The first-order chi connectivity index (χ1) is 9.87. The molecule has 0 fully saturated rings. The molecule has 2 amide bonds. The van der Waals surface area contributed by atoms with Crippen LogP contribution in [0, 0.1) is 0 Å². The molecule has 1 aromatic carbocycles. The molecule has 0 unspecified atom stereocenters. The van der Waals surface area contributed by atoms with Gasteiger partial charge in [-0.05, 0) is 32.4 Å². The maximum Gasteiger partial charge on any atom is 0.421 e. The van der Waals surface area contributed by atoms with E-state index in [4.69, 9.17) is 9.47 Å². The monoisotopic (exact) mass is 287 g/mol. The third kappa shape index (κ3) is 3.95. The Morgan fingerprint density at radius 2 is 1.90 bits per heavy atom. The summed E-state index contributed by atoms with van der Waals surface area (Å²) in [6.45, 7) is 5.21. The maximum absolute atomic E-state index is 12.2. The minimum Gasteiger partial charge on any atom is -0.458 e. The normalized spacial score (nSPS) is 16.8. The van der Waals surface area contributed by atoms with Gasteiger partial charge in [0.15, 0.2) is 5.76 Å². The zero-order valence-electron chi connectivity index (χ0n) is 12.2. The Hall–Kier alpha value is -2.56. The Kier molecular flexibility index (Phi) is 4.12. The van der Waals surface area contributed by atoms with Crippen molar-refractivity contribution in [3.05, 3.63) is 54.1 Å². The molecule has 21 heavy (non-hydrogen) atoms. The number of hydrogen-bond donors (Lipinski definition) is 0. The standard InChI is InChI=1S/C16H17NO4/c1-16(2,3)21-15(19)17-9-10-20-13(14(17)18)11-12-7-5-4-6-8-12/h4-11H,1-3H3/b13-11-. The Morgan fingerprint density at radius 1 is 1.24 bits per heavy atom. The van der Waals surface area contributed by atoms with E-state index in [1.807, 2.05) is 30.3 Å². The number of carbonyl (C=O) groups is 2. The summed E-state index contributed by atoms with van der Waals surface area (Å²) >= 11 is 0. The number of nitrogens with zero attached hydrogens (tertiary/aromatic N) is 1. The van der Waals surface area contributed by atoms with Crippen LogP contribution in [0.5, 0.6) is 0 Å². The largest absolute Gasteiger partial charge is 0.458 e. The predicted molar refractivity (Wildman–Crippen MR) is 77.7 cm³/mol. The first-order valence-electron chi connectivity index (χ1n) is 6.53. The van der Waals surface area contributed by atoms with Gasteiger partial charge < -0.3 is 9.47 Å². The van der Waals surface area contributed by atoms with Crippen molar-refractivity contribution in [2.45, 2.75) is 26.4 Å². The van der Waals surface area contributed by atoms with E-state index < -0.39 is 17.6 Å². The molecule has 0 spiro atoms. The van der Waals surface area contributed by atoms with Gasteiger partial charge in [0.1, 0.15) is 11.9 Å². The SMILES string of the molecule is CC(C)(C)OC(=O)N1C=CO/C(=C\c2ccccc2)C1=O. The van der Waals surface area contributed by atoms with Crippen LogP contribution in [0.25, 0.3) is 6.08 Å². The number of benzene rings is 1. The quantitative estimate of drug-likeness (QED) is 0.744. The zero-order chi connectivity index (χ0) is 15.5. The average Bonchev–Trinajstić information content (AvgIpc) is 2.40. The van der Waals surface area contributed by atoms with Crippen molar-refractivity contribution in [3.8, 4) is 0 Å². The number of carbonyl (C=O) groups excluding carboxylic acids is 2. The van der Waals surface area contributed by atoms with Crippen molar-refractivity contribution in [1.29, 1.82) is 0 Å². The summed E-state index contributed by atoms with van der Waals surface area (Å²) in [5.74, 6) is -0.495. The molecule has 2 rings (SSSR count). The lowest BCUT2D eigenvalue weighted by Gasteiger charge is -2.26. The summed E-state index contributed by atoms with van der Waals surface area (Å²) in [4.78, 5) is 25.1. The van der Waals surface area contributed by atoms with Crippen LogP contribution in [0.1, 0.15) is 26.3 Å². The molecular formula is C16H17NO4. The van der Waals surface area contributed by atoms with E-state index >= 15 is 0 Å². The van der Waals surface area contributed by atoms with Crippen LogP contribution in [0.15, 0.2) is 48.6 Å². The summed E-state index contributed by atoms with van der Waals surface area (Å²) in [7, 11) is 0. The van der Waals surface area contributed by atoms with Gasteiger partial charge >= 0.3 is 12.0 Å². The molecule has 110 valence electrons. The van der Waals surface area contributed by atoms with Gasteiger partial charge in [0.2, 0.25) is 0 Å². The van der Waals surface area contributed by atoms with E-state index in [-0.39, 0.29) is 5.76 Å². The Labute approximate surface area is 123 Å². The molecule has 5 heteroatoms. The molecule has 0 atom stereocenters. The van der Waals surface area contributed by atoms with E-state index in [0.29, 0.717) is 0 Å². The van der Waals surface area contributed by atoms with Gasteiger partial charge in [0, 0.05) is 0 Å². The maximum atomic E-state index is 12.2. The van der Waals surface area contributed by atoms with Gasteiger partial charge in [0.25, 0.3) is 0 Å². The molecule has 0 saturated carbocycles. The summed E-state index contributed by atoms with van der Waals surface area (Å²) in [5, 5.41) is 0. The highest BCUT2D eigenvalue weighted by molar-refractivity contribution is 6.05. The molecular weight excluding hydrogens is 270 g/mol. The molecule has 1 heterocycles. The van der Waals surface area contributed by atoms with E-state index in [2.05, 4.69) is 0 Å². The molecule has 0 N–H and O–H groups in total. The number of imide groups is 1. The second-order valence-corrected chi connectivity index (χ2v) is 5.48. The highest BCUT2D eigenvalue weighted by Gasteiger charge is 2.30. The van der Waals surface area contributed by atoms with Crippen molar-refractivity contribution in [2.75, 3.05) is 0 Å². The first-order valence-corrected chi connectivity index (χ1v) is 6.53. The van der Waals surface area contributed by atoms with Gasteiger partial charge in [-0.1, -0.05) is 30.3 Å². The van der Waals surface area contributed by atoms with Crippen LogP contribution in [0.4, 0.5) is 4.79 Å². The third-order valence-electron chi connectivity index (χ3n) is 2.52. The average molecular weight is 287 g/mol. The number of rotatable bonds is 1. The summed E-state index contributed by atoms with van der Waals surface area (Å²) < 4.78 is 10.4. The van der Waals surface area contributed by atoms with Gasteiger partial charge in [-0.3, -0.25) is 4.79 Å². The Bertz CT molecular complexity index is 596. The van der Waals surface area contributed by atoms with E-state index in [1.165, 1.54) is 12.5 Å². The second kappa shape index (κ2) is 5.83. The van der Waals surface area contributed by atoms with Crippen LogP contribution < -0.4 is 0 Å². The highest BCUT2D eigenvalue weighted by Crippen LogP contribution is 2.18. The smallest absolute Gasteiger partial charge is 0.421 e. The predicted octanol–water partition coefficient (Wildman–Crippen LogP) is 3.29. The summed E-state index contributed by atoms with van der Waals surface area (Å²) in [6, 6.07) is 9.24. The van der Waals surface area contributed by atoms with Crippen molar-refractivity contribution < 1.29 is 19.1 Å². The third-order valence-corrected chi connectivity index (χ3v) is 2.52. The van der Waals surface area contributed by atoms with Crippen LogP contribution in [-0.4, -0.2) is 22.5 Å². The lowest BCUT2D eigenvalue weighted by atomic mass is 10.2. The number of ether oxygens (including phenoxy) is 2. The van der Waals surface area contributed by atoms with Crippen LogP contribution in [-0.2, 0) is 14.3 Å². The lowest BCUT2D eigenvalue weighted by molar-refractivity contribution is -0.127. The Morgan fingerprint density at radius 3 is 2.52 bits per heavy atom. The fourth-order valence-corrected chi connectivity index (χ4v) is 1.65. The fraction of sp³-hybridized carbons (Fsp3) is 0.250. The van der Waals surface area contributed by atoms with Crippen molar-refractivity contribution in [2.24, 2.45) is 0 Å². The molecule has 0 bridgehead atoms. The van der Waals surface area contributed by atoms with Crippen LogP contribution >= 0.6 is 0 Å². The van der Waals surface area contributed by atoms with E-state index in [9.17, 15) is 9.59 Å². The minimum absolute atomic E-state index is 0.0644. The van der Waals surface area contributed by atoms with E-state index in [1.54, 1.807) is 26.8 Å². The molecule has 1 aromatic rings. The first kappa shape index (κ1) is 14.8. The second-order valence-electron chi connectivity index (χ2n) is 5.48. The molecule has 0 aromatic heterocycles. The zero-order valence-corrected chi connectivity index (χ0v) is 12.2. The van der Waals surface area contributed by atoms with Crippen LogP contribution in [0.2, 0.25) is 0 Å². The Balaban J connectivity index is 2.19. The van der Waals surface area contributed by atoms with Crippen molar-refractivity contribution in [3.63, 3.8) is 0 Å². The molecule has 0 radical (unpaired) electrons. The van der Waals surface area contributed by atoms with Gasteiger partial charge in [0.05, 0.1) is 6.20 Å². The van der Waals surface area contributed by atoms with Crippen LogP contribution in [0.3, 0.4) is 0 Å². The van der Waals surface area contributed by atoms with Gasteiger partial charge in [-0.15, -0.1) is 0 Å². The van der Waals surface area contributed by atoms with Gasteiger partial charge in [-0.25, -0.2) is 9.69 Å². The summed E-state index contributed by atoms with van der Waals surface area (Å²) in [5.41, 5.74) is 0.132. The molecule has 0 aliphatic carbocycles. The molecule has 5 nitrogen and oxygen atoms in total. The summed E-state index contributed by atoms with van der Waals surface area (Å²) in [6.07, 6.45) is 3.37. The number of amides is 2.